The SMILES string of the molecule is Cc1cc(Nc2nc(C[C@@]3(C(=O)O)CCN(Cc4cccc(Cl)c4F)[C@H](C)C3)cnc2C)n[nH]1. The van der Waals surface area contributed by atoms with Gasteiger partial charge in [0.05, 0.1) is 21.8 Å². The highest BCUT2D eigenvalue weighted by molar-refractivity contribution is 6.30. The third-order valence-electron chi connectivity index (χ3n) is 6.52. The number of rotatable bonds is 7. The molecule has 0 aliphatic carbocycles. The Bertz CT molecular complexity index is 1200. The first kappa shape index (κ1) is 24.1. The van der Waals surface area contributed by atoms with Crippen LogP contribution in [-0.2, 0) is 17.8 Å². The lowest BCUT2D eigenvalue weighted by Crippen LogP contribution is -2.49. The van der Waals surface area contributed by atoms with Crippen molar-refractivity contribution in [2.75, 3.05) is 11.9 Å². The highest BCUT2D eigenvalue weighted by Gasteiger charge is 2.45. The van der Waals surface area contributed by atoms with E-state index in [-0.39, 0.29) is 17.5 Å². The Morgan fingerprint density at radius 2 is 2.21 bits per heavy atom. The van der Waals surface area contributed by atoms with Crippen molar-refractivity contribution in [1.82, 2.24) is 25.1 Å². The van der Waals surface area contributed by atoms with Crippen LogP contribution < -0.4 is 5.32 Å². The van der Waals surface area contributed by atoms with Crippen molar-refractivity contribution in [1.29, 1.82) is 0 Å². The van der Waals surface area contributed by atoms with Crippen LogP contribution >= 0.6 is 11.6 Å². The second-order valence-corrected chi connectivity index (χ2v) is 9.51. The summed E-state index contributed by atoms with van der Waals surface area (Å²) >= 11 is 5.93. The van der Waals surface area contributed by atoms with E-state index in [0.29, 0.717) is 54.5 Å². The molecular weight excluding hydrogens is 459 g/mol. The first-order chi connectivity index (χ1) is 16.2. The molecule has 10 heteroatoms. The van der Waals surface area contributed by atoms with E-state index in [9.17, 15) is 14.3 Å². The van der Waals surface area contributed by atoms with E-state index >= 15 is 0 Å². The van der Waals surface area contributed by atoms with Gasteiger partial charge in [0, 0.05) is 42.5 Å². The van der Waals surface area contributed by atoms with Crippen LogP contribution in [0.5, 0.6) is 0 Å². The molecule has 1 aliphatic heterocycles. The van der Waals surface area contributed by atoms with E-state index < -0.39 is 17.2 Å². The molecule has 1 fully saturated rings. The zero-order chi connectivity index (χ0) is 24.5. The lowest BCUT2D eigenvalue weighted by molar-refractivity contribution is -0.153. The summed E-state index contributed by atoms with van der Waals surface area (Å²) in [6.07, 6.45) is 2.74. The molecule has 3 N–H and O–H groups in total. The number of benzene rings is 1. The van der Waals surface area contributed by atoms with E-state index in [4.69, 9.17) is 11.6 Å². The van der Waals surface area contributed by atoms with Crippen LogP contribution in [0.1, 0.15) is 42.4 Å². The van der Waals surface area contributed by atoms with Crippen LogP contribution in [0.4, 0.5) is 16.0 Å². The average molecular weight is 487 g/mol. The number of carboxylic acids is 1. The predicted molar refractivity (Wildman–Crippen MR) is 128 cm³/mol. The minimum atomic E-state index is -0.979. The monoisotopic (exact) mass is 486 g/mol. The molecule has 1 aliphatic rings. The van der Waals surface area contributed by atoms with Crippen LogP contribution in [-0.4, -0.2) is 48.7 Å². The summed E-state index contributed by atoms with van der Waals surface area (Å²) in [5.41, 5.74) is 1.74. The molecule has 2 atom stereocenters. The Morgan fingerprint density at radius 3 is 2.88 bits per heavy atom. The molecule has 0 radical (unpaired) electrons. The Balaban J connectivity index is 1.51. The molecule has 34 heavy (non-hydrogen) atoms. The number of aromatic nitrogens is 4. The second-order valence-electron chi connectivity index (χ2n) is 9.11. The average Bonchev–Trinajstić information content (AvgIpc) is 3.20. The molecule has 0 unspecified atom stereocenters. The van der Waals surface area contributed by atoms with Crippen molar-refractivity contribution in [3.63, 3.8) is 0 Å². The molecule has 8 nitrogen and oxygen atoms in total. The van der Waals surface area contributed by atoms with Crippen molar-refractivity contribution in [2.45, 2.75) is 52.6 Å². The van der Waals surface area contributed by atoms with Crippen molar-refractivity contribution in [2.24, 2.45) is 5.41 Å². The van der Waals surface area contributed by atoms with Crippen molar-refractivity contribution in [3.8, 4) is 0 Å². The maximum Gasteiger partial charge on any atom is 0.310 e. The number of halogens is 2. The van der Waals surface area contributed by atoms with Crippen molar-refractivity contribution < 1.29 is 14.3 Å². The zero-order valence-corrected chi connectivity index (χ0v) is 20.2. The number of hydrogen-bond donors (Lipinski definition) is 3. The van der Waals surface area contributed by atoms with Gasteiger partial charge in [0.15, 0.2) is 11.6 Å². The van der Waals surface area contributed by atoms with Crippen LogP contribution in [0.3, 0.4) is 0 Å². The van der Waals surface area contributed by atoms with Gasteiger partial charge >= 0.3 is 5.97 Å². The molecule has 0 spiro atoms. The summed E-state index contributed by atoms with van der Waals surface area (Å²) in [6, 6.07) is 6.75. The van der Waals surface area contributed by atoms with Crippen molar-refractivity contribution in [3.05, 3.63) is 63.9 Å². The lowest BCUT2D eigenvalue weighted by Gasteiger charge is -2.43. The largest absolute Gasteiger partial charge is 0.481 e. The molecule has 0 amide bonds. The highest BCUT2D eigenvalue weighted by atomic mass is 35.5. The number of aryl methyl sites for hydroxylation is 2. The van der Waals surface area contributed by atoms with Crippen molar-refractivity contribution >= 4 is 29.2 Å². The zero-order valence-electron chi connectivity index (χ0n) is 19.4. The van der Waals surface area contributed by atoms with E-state index in [1.54, 1.807) is 18.3 Å². The van der Waals surface area contributed by atoms with Crippen LogP contribution in [0, 0.1) is 25.1 Å². The molecule has 180 valence electrons. The molecule has 1 saturated heterocycles. The number of nitrogens with zero attached hydrogens (tertiary/aromatic N) is 4. The minimum absolute atomic E-state index is 0.0636. The third-order valence-corrected chi connectivity index (χ3v) is 6.81. The molecule has 3 heterocycles. The number of aromatic amines is 1. The third kappa shape index (κ3) is 5.05. The van der Waals surface area contributed by atoms with Gasteiger partial charge in [-0.25, -0.2) is 9.37 Å². The predicted octanol–water partition coefficient (Wildman–Crippen LogP) is 4.65. The van der Waals surface area contributed by atoms with Gasteiger partial charge in [-0.3, -0.25) is 19.8 Å². The summed E-state index contributed by atoms with van der Waals surface area (Å²) in [7, 11) is 0. The van der Waals surface area contributed by atoms with E-state index in [2.05, 4.69) is 30.4 Å². The number of piperidine rings is 1. The molecule has 0 bridgehead atoms. The Labute approximate surface area is 202 Å². The molecule has 0 saturated carbocycles. The fourth-order valence-corrected chi connectivity index (χ4v) is 4.76. The Kier molecular flexibility index (Phi) is 6.86. The lowest BCUT2D eigenvalue weighted by atomic mass is 9.72. The van der Waals surface area contributed by atoms with Crippen LogP contribution in [0.15, 0.2) is 30.5 Å². The molecular formula is C24H28ClFN6O2. The Hall–Kier alpha value is -3.04. The maximum absolute atomic E-state index is 14.4. The number of anilines is 2. The number of hydrogen-bond acceptors (Lipinski definition) is 6. The van der Waals surface area contributed by atoms with Gasteiger partial charge in [0.1, 0.15) is 5.82 Å². The maximum atomic E-state index is 14.4. The van der Waals surface area contributed by atoms with E-state index in [0.717, 1.165) is 5.69 Å². The highest BCUT2D eigenvalue weighted by Crippen LogP contribution is 2.39. The number of likely N-dealkylation sites (tertiary alicyclic amines) is 1. The molecule has 4 rings (SSSR count). The summed E-state index contributed by atoms with van der Waals surface area (Å²) < 4.78 is 14.4. The molecule has 1 aromatic carbocycles. The van der Waals surface area contributed by atoms with Gasteiger partial charge in [-0.15, -0.1) is 0 Å². The summed E-state index contributed by atoms with van der Waals surface area (Å²) in [5.74, 6) is -0.108. The number of aliphatic carboxylic acids is 1. The van der Waals surface area contributed by atoms with Gasteiger partial charge in [0.2, 0.25) is 0 Å². The number of carboxylic acid groups (broad SMARTS) is 1. The van der Waals surface area contributed by atoms with Gasteiger partial charge in [-0.1, -0.05) is 23.7 Å². The second kappa shape index (κ2) is 9.68. The number of nitrogens with one attached hydrogen (secondary N) is 2. The van der Waals surface area contributed by atoms with E-state index in [1.807, 2.05) is 26.8 Å². The van der Waals surface area contributed by atoms with Gasteiger partial charge in [0.25, 0.3) is 0 Å². The number of H-pyrrole nitrogens is 1. The summed E-state index contributed by atoms with van der Waals surface area (Å²) in [4.78, 5) is 23.7. The van der Waals surface area contributed by atoms with Crippen LogP contribution in [0.2, 0.25) is 5.02 Å². The quantitative estimate of drug-likeness (QED) is 0.446. The fourth-order valence-electron chi connectivity index (χ4n) is 4.57. The number of carbonyl (C=O) groups is 1. The van der Waals surface area contributed by atoms with Gasteiger partial charge < -0.3 is 10.4 Å². The topological polar surface area (TPSA) is 107 Å². The summed E-state index contributed by atoms with van der Waals surface area (Å²) in [6.45, 7) is 6.62. The molecule has 3 aromatic rings. The Morgan fingerprint density at radius 1 is 1.41 bits per heavy atom. The standard InChI is InChI=1S/C24H28ClFN6O2/c1-14-9-20(31-30-14)29-22-16(3)27-12-18(28-22)11-24(23(33)34)7-8-32(15(2)10-24)13-17-5-4-6-19(25)21(17)26/h4-6,9,12,15H,7-8,10-11,13H2,1-3H3,(H,33,34)(H2,28,29,30,31)/t15-,24-/m1/s1. The molecule has 2 aromatic heterocycles. The smallest absolute Gasteiger partial charge is 0.310 e. The van der Waals surface area contributed by atoms with Gasteiger partial charge in [-0.2, -0.15) is 5.10 Å². The normalized spacial score (nSPS) is 20.9. The van der Waals surface area contributed by atoms with Crippen LogP contribution in [0.25, 0.3) is 0 Å². The first-order valence-corrected chi connectivity index (χ1v) is 11.6. The summed E-state index contributed by atoms with van der Waals surface area (Å²) in [5, 5.41) is 20.5. The van der Waals surface area contributed by atoms with Gasteiger partial charge in [-0.05, 0) is 46.2 Å². The van der Waals surface area contributed by atoms with E-state index in [1.165, 1.54) is 6.07 Å². The first-order valence-electron chi connectivity index (χ1n) is 11.2. The fraction of sp³-hybridized carbons (Fsp3) is 0.417. The minimum Gasteiger partial charge on any atom is -0.481 e.